The van der Waals surface area contributed by atoms with Crippen LogP contribution in [-0.2, 0) is 4.79 Å². The van der Waals surface area contributed by atoms with Crippen LogP contribution in [0.2, 0.25) is 5.02 Å². The Labute approximate surface area is 133 Å². The summed E-state index contributed by atoms with van der Waals surface area (Å²) in [6, 6.07) is 4.40. The van der Waals surface area contributed by atoms with Crippen molar-refractivity contribution in [2.45, 2.75) is 19.9 Å². The number of aliphatic carboxylic acids is 1. The first-order valence-corrected chi connectivity index (χ1v) is 7.80. The number of benzene rings is 1. The van der Waals surface area contributed by atoms with Gasteiger partial charge in [0, 0.05) is 22.6 Å². The number of carboxylic acids is 1. The fraction of sp³-hybridized carbons (Fsp3) is 0.500. The zero-order valence-corrected chi connectivity index (χ0v) is 14.0. The molecule has 0 spiro atoms. The van der Waals surface area contributed by atoms with Crippen molar-refractivity contribution in [2.75, 3.05) is 26.2 Å². The zero-order valence-electron chi connectivity index (χ0n) is 11.7. The Bertz CT molecular complexity index is 453. The van der Waals surface area contributed by atoms with Gasteiger partial charge in [0.2, 0.25) is 0 Å². The van der Waals surface area contributed by atoms with Gasteiger partial charge in [-0.3, -0.25) is 10.1 Å². The number of nitrogens with one attached hydrogen (secondary N) is 1. The van der Waals surface area contributed by atoms with Gasteiger partial charge < -0.3 is 10.0 Å². The summed E-state index contributed by atoms with van der Waals surface area (Å²) in [7, 11) is 0. The van der Waals surface area contributed by atoms with Crippen molar-refractivity contribution in [1.29, 1.82) is 0 Å². The van der Waals surface area contributed by atoms with Crippen LogP contribution in [0.15, 0.2) is 22.7 Å². The molecule has 0 amide bonds. The van der Waals surface area contributed by atoms with Gasteiger partial charge >= 0.3 is 5.97 Å². The van der Waals surface area contributed by atoms with Crippen LogP contribution in [0.25, 0.3) is 0 Å². The van der Waals surface area contributed by atoms with Gasteiger partial charge in [-0.1, -0.05) is 47.4 Å². The average molecular weight is 364 g/mol. The summed E-state index contributed by atoms with van der Waals surface area (Å²) in [6.45, 7) is 7.54. The lowest BCUT2D eigenvalue weighted by molar-refractivity contribution is -0.139. The molecule has 1 aromatic carbocycles. The Hall–Kier alpha value is -0.620. The maximum Gasteiger partial charge on any atom is 0.325 e. The van der Waals surface area contributed by atoms with Crippen molar-refractivity contribution < 1.29 is 9.90 Å². The Balaban J connectivity index is 2.72. The first-order valence-electron chi connectivity index (χ1n) is 6.63. The molecule has 0 saturated carbocycles. The third kappa shape index (κ3) is 5.05. The summed E-state index contributed by atoms with van der Waals surface area (Å²) in [4.78, 5) is 13.7. The summed E-state index contributed by atoms with van der Waals surface area (Å²) >= 11 is 9.25. The van der Waals surface area contributed by atoms with Gasteiger partial charge in [0.15, 0.2) is 0 Å². The molecule has 0 fully saturated rings. The Morgan fingerprint density at radius 2 is 2.10 bits per heavy atom. The summed E-state index contributed by atoms with van der Waals surface area (Å²) in [5.41, 5.74) is 0.682. The summed E-state index contributed by atoms with van der Waals surface area (Å²) < 4.78 is 0.702. The van der Waals surface area contributed by atoms with Crippen molar-refractivity contribution in [1.82, 2.24) is 10.2 Å². The minimum atomic E-state index is -0.896. The lowest BCUT2D eigenvalue weighted by Crippen LogP contribution is -2.36. The quantitative estimate of drug-likeness (QED) is 0.745. The van der Waals surface area contributed by atoms with Crippen LogP contribution < -0.4 is 5.32 Å². The number of rotatable bonds is 8. The molecule has 20 heavy (non-hydrogen) atoms. The molecule has 0 radical (unpaired) electrons. The normalized spacial score (nSPS) is 12.7. The van der Waals surface area contributed by atoms with Crippen LogP contribution in [0.1, 0.15) is 25.5 Å². The maximum absolute atomic E-state index is 11.4. The van der Waals surface area contributed by atoms with Gasteiger partial charge in [-0.2, -0.15) is 0 Å². The Morgan fingerprint density at radius 3 is 2.60 bits per heavy atom. The number of halogens is 2. The summed E-state index contributed by atoms with van der Waals surface area (Å²) in [5, 5.41) is 13.0. The molecule has 1 unspecified atom stereocenters. The number of hydrogen-bond donors (Lipinski definition) is 2. The third-order valence-electron chi connectivity index (χ3n) is 3.19. The molecule has 112 valence electrons. The van der Waals surface area contributed by atoms with Gasteiger partial charge in [-0.25, -0.2) is 0 Å². The smallest absolute Gasteiger partial charge is 0.325 e. The molecule has 2 N–H and O–H groups in total. The number of carbonyl (C=O) groups is 1. The van der Waals surface area contributed by atoms with E-state index in [0.717, 1.165) is 19.6 Å². The SMILES string of the molecule is CCN(CC)CCNC(C(=O)O)c1ccc(Cl)cc1Br. The molecule has 1 atom stereocenters. The van der Waals surface area contributed by atoms with E-state index in [9.17, 15) is 9.90 Å². The fourth-order valence-corrected chi connectivity index (χ4v) is 2.88. The second-order valence-electron chi connectivity index (χ2n) is 4.42. The third-order valence-corrected chi connectivity index (χ3v) is 4.11. The van der Waals surface area contributed by atoms with E-state index < -0.39 is 12.0 Å². The van der Waals surface area contributed by atoms with Crippen LogP contribution in [-0.4, -0.2) is 42.2 Å². The topological polar surface area (TPSA) is 52.6 Å². The van der Waals surface area contributed by atoms with E-state index in [1.165, 1.54) is 0 Å². The van der Waals surface area contributed by atoms with E-state index in [2.05, 4.69) is 40.0 Å². The molecule has 0 aliphatic heterocycles. The highest BCUT2D eigenvalue weighted by molar-refractivity contribution is 9.10. The zero-order chi connectivity index (χ0) is 15.1. The standard InChI is InChI=1S/C14H20BrClN2O2/c1-3-18(4-2)8-7-17-13(14(19)20)11-6-5-10(16)9-12(11)15/h5-6,9,13,17H,3-4,7-8H2,1-2H3,(H,19,20). The monoisotopic (exact) mass is 362 g/mol. The highest BCUT2D eigenvalue weighted by atomic mass is 79.9. The van der Waals surface area contributed by atoms with E-state index in [-0.39, 0.29) is 0 Å². The molecular formula is C14H20BrClN2O2. The van der Waals surface area contributed by atoms with Crippen LogP contribution in [0, 0.1) is 0 Å². The van der Waals surface area contributed by atoms with E-state index in [0.29, 0.717) is 21.6 Å². The highest BCUT2D eigenvalue weighted by Crippen LogP contribution is 2.26. The van der Waals surface area contributed by atoms with Crippen LogP contribution >= 0.6 is 27.5 Å². The van der Waals surface area contributed by atoms with E-state index in [1.54, 1.807) is 18.2 Å². The van der Waals surface area contributed by atoms with Gasteiger partial charge in [0.1, 0.15) is 6.04 Å². The maximum atomic E-state index is 11.4. The minimum Gasteiger partial charge on any atom is -0.480 e. The predicted octanol–water partition coefficient (Wildman–Crippen LogP) is 3.16. The van der Waals surface area contributed by atoms with E-state index >= 15 is 0 Å². The number of carboxylic acid groups (broad SMARTS) is 1. The number of nitrogens with zero attached hydrogens (tertiary/aromatic N) is 1. The van der Waals surface area contributed by atoms with Crippen molar-refractivity contribution >= 4 is 33.5 Å². The second kappa shape index (κ2) is 8.62. The minimum absolute atomic E-state index is 0.577. The lowest BCUT2D eigenvalue weighted by atomic mass is 10.1. The molecule has 0 saturated heterocycles. The lowest BCUT2D eigenvalue weighted by Gasteiger charge is -2.21. The molecule has 0 aliphatic rings. The molecule has 0 heterocycles. The van der Waals surface area contributed by atoms with E-state index in [1.807, 2.05) is 0 Å². The van der Waals surface area contributed by atoms with Crippen molar-refractivity contribution in [3.63, 3.8) is 0 Å². The van der Waals surface area contributed by atoms with Crippen LogP contribution in [0.5, 0.6) is 0 Å². The van der Waals surface area contributed by atoms with Crippen molar-refractivity contribution in [3.8, 4) is 0 Å². The van der Waals surface area contributed by atoms with Gasteiger partial charge in [0.25, 0.3) is 0 Å². The Kier molecular flexibility index (Phi) is 7.51. The number of hydrogen-bond acceptors (Lipinski definition) is 3. The van der Waals surface area contributed by atoms with Gasteiger partial charge in [-0.05, 0) is 30.8 Å². The first-order chi connectivity index (χ1) is 9.49. The molecule has 0 bridgehead atoms. The molecule has 6 heteroatoms. The fourth-order valence-electron chi connectivity index (χ4n) is 1.97. The number of likely N-dealkylation sites (N-methyl/N-ethyl adjacent to an activating group) is 1. The molecule has 0 aliphatic carbocycles. The summed E-state index contributed by atoms with van der Waals surface area (Å²) in [5.74, 6) is -0.896. The predicted molar refractivity (Wildman–Crippen MR) is 85.3 cm³/mol. The largest absolute Gasteiger partial charge is 0.480 e. The molecule has 0 aromatic heterocycles. The van der Waals surface area contributed by atoms with Gasteiger partial charge in [-0.15, -0.1) is 0 Å². The molecule has 4 nitrogen and oxygen atoms in total. The second-order valence-corrected chi connectivity index (χ2v) is 5.71. The van der Waals surface area contributed by atoms with Crippen LogP contribution in [0.4, 0.5) is 0 Å². The highest BCUT2D eigenvalue weighted by Gasteiger charge is 2.21. The molecular weight excluding hydrogens is 344 g/mol. The van der Waals surface area contributed by atoms with Crippen LogP contribution in [0.3, 0.4) is 0 Å². The summed E-state index contributed by atoms with van der Waals surface area (Å²) in [6.07, 6.45) is 0. The first kappa shape index (κ1) is 17.4. The average Bonchev–Trinajstić information content (AvgIpc) is 2.40. The molecule has 1 aromatic rings. The Morgan fingerprint density at radius 1 is 1.45 bits per heavy atom. The van der Waals surface area contributed by atoms with E-state index in [4.69, 9.17) is 11.6 Å². The van der Waals surface area contributed by atoms with Gasteiger partial charge in [0.05, 0.1) is 0 Å². The molecule has 1 rings (SSSR count). The van der Waals surface area contributed by atoms with Crippen molar-refractivity contribution in [2.24, 2.45) is 0 Å². The van der Waals surface area contributed by atoms with Crippen molar-refractivity contribution in [3.05, 3.63) is 33.3 Å².